The maximum absolute atomic E-state index is 14.0. The summed E-state index contributed by atoms with van der Waals surface area (Å²) < 4.78 is 40.8. The molecule has 1 aliphatic heterocycles. The fraction of sp³-hybridized carbons (Fsp3) is 0.632. The van der Waals surface area contributed by atoms with Crippen LogP contribution in [0.1, 0.15) is 37.6 Å². The smallest absolute Gasteiger partial charge is 0.251 e. The van der Waals surface area contributed by atoms with E-state index in [1.807, 2.05) is 0 Å². The van der Waals surface area contributed by atoms with Crippen LogP contribution in [0.25, 0.3) is 0 Å². The van der Waals surface area contributed by atoms with E-state index in [-0.39, 0.29) is 11.6 Å². The highest BCUT2D eigenvalue weighted by Gasteiger charge is 2.22. The summed E-state index contributed by atoms with van der Waals surface area (Å²) in [5.41, 5.74) is 0.127. The molecule has 0 aromatic heterocycles. The number of nitrogens with one attached hydrogen (secondary N) is 2. The lowest BCUT2D eigenvalue weighted by Crippen LogP contribution is -2.46. The second-order valence-corrected chi connectivity index (χ2v) is 8.99. The fourth-order valence-electron chi connectivity index (χ4n) is 3.16. The highest BCUT2D eigenvalue weighted by molar-refractivity contribution is 7.89. The zero-order chi connectivity index (χ0) is 20.7. The molecule has 28 heavy (non-hydrogen) atoms. The lowest BCUT2D eigenvalue weighted by atomic mass is 10.2. The molecule has 0 aliphatic carbocycles. The zero-order valence-electron chi connectivity index (χ0n) is 16.9. The number of carbonyl (C=O) groups excluding carboxylic acids is 1. The zero-order valence-corrected chi connectivity index (χ0v) is 17.7. The molecule has 0 atom stereocenters. The third-order valence-electron chi connectivity index (χ3n) is 4.72. The van der Waals surface area contributed by atoms with Crippen LogP contribution in [0.4, 0.5) is 4.39 Å². The van der Waals surface area contributed by atoms with Crippen LogP contribution in [0.5, 0.6) is 0 Å². The van der Waals surface area contributed by atoms with Gasteiger partial charge in [-0.1, -0.05) is 6.92 Å². The minimum atomic E-state index is -4.01. The number of rotatable bonds is 9. The Morgan fingerprint density at radius 1 is 1.18 bits per heavy atom. The van der Waals surface area contributed by atoms with Crippen molar-refractivity contribution < 1.29 is 17.6 Å². The molecule has 2 rings (SSSR count). The lowest BCUT2D eigenvalue weighted by Gasteiger charge is -2.33. The van der Waals surface area contributed by atoms with Gasteiger partial charge in [-0.3, -0.25) is 4.79 Å². The summed E-state index contributed by atoms with van der Waals surface area (Å²) in [5.74, 6) is -1.28. The molecule has 0 unspecified atom stereocenters. The van der Waals surface area contributed by atoms with Crippen LogP contribution in [0, 0.1) is 5.82 Å². The van der Waals surface area contributed by atoms with Crippen molar-refractivity contribution in [1.29, 1.82) is 0 Å². The van der Waals surface area contributed by atoms with Crippen LogP contribution in [0.15, 0.2) is 23.1 Å². The first-order valence-electron chi connectivity index (χ1n) is 9.77. The molecule has 7 nitrogen and oxygen atoms in total. The van der Waals surface area contributed by atoms with Gasteiger partial charge in [0, 0.05) is 44.3 Å². The van der Waals surface area contributed by atoms with E-state index in [9.17, 15) is 17.6 Å². The Hall–Kier alpha value is -1.55. The number of piperazine rings is 1. The van der Waals surface area contributed by atoms with E-state index in [2.05, 4.69) is 26.8 Å². The number of amides is 1. The van der Waals surface area contributed by atoms with Gasteiger partial charge in [-0.15, -0.1) is 0 Å². The summed E-state index contributed by atoms with van der Waals surface area (Å²) in [6.45, 7) is 12.1. The Labute approximate surface area is 167 Å². The standard InChI is InChI=1S/C19H31FN4O3S/c1-4-23-10-12-24(13-11-23)9-5-8-21-19(25)16-6-7-17(20)18(14-16)28(26,27)22-15(2)3/h6-7,14-15,22H,4-5,8-13H2,1-3H3,(H,21,25). The maximum Gasteiger partial charge on any atom is 0.251 e. The molecule has 0 saturated carbocycles. The molecular weight excluding hydrogens is 383 g/mol. The summed E-state index contributed by atoms with van der Waals surface area (Å²) in [5, 5.41) is 2.78. The molecule has 1 heterocycles. The number of hydrogen-bond acceptors (Lipinski definition) is 5. The molecule has 1 aromatic carbocycles. The van der Waals surface area contributed by atoms with E-state index in [0.29, 0.717) is 6.54 Å². The van der Waals surface area contributed by atoms with E-state index in [0.717, 1.165) is 57.8 Å². The number of halogens is 1. The molecule has 9 heteroatoms. The van der Waals surface area contributed by atoms with Crippen LogP contribution < -0.4 is 10.0 Å². The van der Waals surface area contributed by atoms with Gasteiger partial charge in [0.1, 0.15) is 10.7 Å². The summed E-state index contributed by atoms with van der Waals surface area (Å²) in [6.07, 6.45) is 0.805. The van der Waals surface area contributed by atoms with E-state index >= 15 is 0 Å². The second-order valence-electron chi connectivity index (χ2n) is 7.31. The largest absolute Gasteiger partial charge is 0.352 e. The van der Waals surface area contributed by atoms with Gasteiger partial charge in [-0.05, 0) is 51.6 Å². The van der Waals surface area contributed by atoms with Crippen LogP contribution in [-0.4, -0.2) is 76.0 Å². The Morgan fingerprint density at radius 3 is 2.43 bits per heavy atom. The van der Waals surface area contributed by atoms with Gasteiger partial charge < -0.3 is 15.1 Å². The summed E-state index contributed by atoms with van der Waals surface area (Å²) >= 11 is 0. The highest BCUT2D eigenvalue weighted by atomic mass is 32.2. The molecule has 1 saturated heterocycles. The van der Waals surface area contributed by atoms with Crippen molar-refractivity contribution in [3.63, 3.8) is 0 Å². The Morgan fingerprint density at radius 2 is 1.82 bits per heavy atom. The number of carbonyl (C=O) groups is 1. The van der Waals surface area contributed by atoms with E-state index in [1.165, 1.54) is 6.07 Å². The van der Waals surface area contributed by atoms with Crippen molar-refractivity contribution in [2.75, 3.05) is 45.8 Å². The summed E-state index contributed by atoms with van der Waals surface area (Å²) in [7, 11) is -4.01. The van der Waals surface area contributed by atoms with Gasteiger partial charge in [0.15, 0.2) is 0 Å². The number of nitrogens with zero attached hydrogens (tertiary/aromatic N) is 2. The summed E-state index contributed by atoms with van der Waals surface area (Å²) in [4.78, 5) is 16.6. The van der Waals surface area contributed by atoms with Crippen molar-refractivity contribution in [1.82, 2.24) is 19.8 Å². The van der Waals surface area contributed by atoms with Crippen molar-refractivity contribution in [2.24, 2.45) is 0 Å². The first-order chi connectivity index (χ1) is 13.2. The van der Waals surface area contributed by atoms with Gasteiger partial charge in [-0.2, -0.15) is 0 Å². The van der Waals surface area contributed by atoms with Gasteiger partial charge in [-0.25, -0.2) is 17.5 Å². The first kappa shape index (κ1) is 22.7. The molecule has 1 aromatic rings. The average molecular weight is 415 g/mol. The number of likely N-dealkylation sites (N-methyl/N-ethyl adjacent to an activating group) is 1. The maximum atomic E-state index is 14.0. The molecule has 0 bridgehead atoms. The van der Waals surface area contributed by atoms with Crippen LogP contribution in [0.2, 0.25) is 0 Å². The number of sulfonamides is 1. The molecule has 0 spiro atoms. The van der Waals surface area contributed by atoms with Crippen molar-refractivity contribution in [2.45, 2.75) is 38.1 Å². The predicted molar refractivity (Wildman–Crippen MR) is 107 cm³/mol. The van der Waals surface area contributed by atoms with Gasteiger partial charge >= 0.3 is 0 Å². The SMILES string of the molecule is CCN1CCN(CCCNC(=O)c2ccc(F)c(S(=O)(=O)NC(C)C)c2)CC1. The summed E-state index contributed by atoms with van der Waals surface area (Å²) in [6, 6.07) is 3.01. The van der Waals surface area contributed by atoms with E-state index in [1.54, 1.807) is 13.8 Å². The average Bonchev–Trinajstić information content (AvgIpc) is 2.64. The van der Waals surface area contributed by atoms with Crippen molar-refractivity contribution >= 4 is 15.9 Å². The Kier molecular flexibility index (Phi) is 8.36. The molecule has 1 amide bonds. The number of benzene rings is 1. The van der Waals surface area contributed by atoms with Crippen LogP contribution >= 0.6 is 0 Å². The highest BCUT2D eigenvalue weighted by Crippen LogP contribution is 2.17. The van der Waals surface area contributed by atoms with Crippen molar-refractivity contribution in [3.8, 4) is 0 Å². The predicted octanol–water partition coefficient (Wildman–Crippen LogP) is 1.27. The minimum Gasteiger partial charge on any atom is -0.352 e. The van der Waals surface area contributed by atoms with Crippen LogP contribution in [-0.2, 0) is 10.0 Å². The second kappa shape index (κ2) is 10.3. The topological polar surface area (TPSA) is 81.8 Å². The third kappa shape index (κ3) is 6.51. The normalized spacial score (nSPS) is 16.5. The molecule has 1 aliphatic rings. The van der Waals surface area contributed by atoms with E-state index in [4.69, 9.17) is 0 Å². The van der Waals surface area contributed by atoms with Crippen LogP contribution in [0.3, 0.4) is 0 Å². The third-order valence-corrected chi connectivity index (χ3v) is 6.40. The van der Waals surface area contributed by atoms with Gasteiger partial charge in [0.25, 0.3) is 5.91 Å². The van der Waals surface area contributed by atoms with Gasteiger partial charge in [0.05, 0.1) is 0 Å². The fourth-order valence-corrected chi connectivity index (χ4v) is 4.51. The Balaban J connectivity index is 1.86. The molecule has 1 fully saturated rings. The first-order valence-corrected chi connectivity index (χ1v) is 11.3. The molecular formula is C19H31FN4O3S. The van der Waals surface area contributed by atoms with Crippen molar-refractivity contribution in [3.05, 3.63) is 29.6 Å². The molecule has 2 N–H and O–H groups in total. The van der Waals surface area contributed by atoms with Gasteiger partial charge in [0.2, 0.25) is 10.0 Å². The molecule has 0 radical (unpaired) electrons. The lowest BCUT2D eigenvalue weighted by molar-refractivity contribution is 0.0948. The minimum absolute atomic E-state index is 0.127. The molecule has 158 valence electrons. The number of hydrogen-bond donors (Lipinski definition) is 2. The van der Waals surface area contributed by atoms with E-state index < -0.39 is 26.6 Å². The Bertz CT molecular complexity index is 762. The monoisotopic (exact) mass is 414 g/mol. The quantitative estimate of drug-likeness (QED) is 0.595.